The molecule has 4 heteroatoms. The second-order valence-corrected chi connectivity index (χ2v) is 7.14. The molecule has 0 N–H and O–H groups in total. The lowest BCUT2D eigenvalue weighted by Gasteiger charge is -2.14. The Morgan fingerprint density at radius 2 is 1.81 bits per heavy atom. The highest BCUT2D eigenvalue weighted by Crippen LogP contribution is 2.36. The molecule has 1 aliphatic carbocycles. The molecule has 1 aliphatic rings. The van der Waals surface area contributed by atoms with Gasteiger partial charge in [0.25, 0.3) is 0 Å². The molecule has 0 heterocycles. The van der Waals surface area contributed by atoms with Crippen molar-refractivity contribution in [2.75, 3.05) is 0 Å². The molecule has 0 atom stereocenters. The molecular formula is C12H15ClO2S. The van der Waals surface area contributed by atoms with Crippen LogP contribution in [-0.2, 0) is 14.8 Å². The van der Waals surface area contributed by atoms with Crippen molar-refractivity contribution in [3.8, 4) is 0 Å². The summed E-state index contributed by atoms with van der Waals surface area (Å²) in [6.07, 6.45) is 4.82. The standard InChI is InChI=1S/C12H15ClO2S/c13-16(14,15)9-11-7-3-4-8-12(11)10-5-1-2-6-10/h3-4,7-8,10H,1-2,5-6,9H2. The minimum Gasteiger partial charge on any atom is -0.212 e. The Balaban J connectivity index is 2.30. The van der Waals surface area contributed by atoms with E-state index in [1.54, 1.807) is 0 Å². The molecule has 0 aliphatic heterocycles. The van der Waals surface area contributed by atoms with E-state index >= 15 is 0 Å². The van der Waals surface area contributed by atoms with Crippen molar-refractivity contribution in [3.05, 3.63) is 35.4 Å². The van der Waals surface area contributed by atoms with Crippen molar-refractivity contribution in [1.29, 1.82) is 0 Å². The zero-order valence-electron chi connectivity index (χ0n) is 9.02. The van der Waals surface area contributed by atoms with E-state index in [1.165, 1.54) is 31.2 Å². The fourth-order valence-corrected chi connectivity index (χ4v) is 3.47. The smallest absolute Gasteiger partial charge is 0.212 e. The van der Waals surface area contributed by atoms with E-state index < -0.39 is 9.05 Å². The number of benzene rings is 1. The van der Waals surface area contributed by atoms with E-state index in [4.69, 9.17) is 10.7 Å². The highest BCUT2D eigenvalue weighted by molar-refractivity contribution is 8.13. The van der Waals surface area contributed by atoms with Gasteiger partial charge in [0.1, 0.15) is 0 Å². The lowest BCUT2D eigenvalue weighted by atomic mass is 9.94. The predicted octanol–water partition coefficient (Wildman–Crippen LogP) is 3.41. The van der Waals surface area contributed by atoms with E-state index in [0.717, 1.165) is 5.56 Å². The van der Waals surface area contributed by atoms with E-state index in [1.807, 2.05) is 24.3 Å². The molecule has 1 aromatic carbocycles. The lowest BCUT2D eigenvalue weighted by molar-refractivity contribution is 0.608. The molecular weight excluding hydrogens is 244 g/mol. The minimum atomic E-state index is -3.46. The summed E-state index contributed by atoms with van der Waals surface area (Å²) >= 11 is 0. The SMILES string of the molecule is O=S(=O)(Cl)Cc1ccccc1C1CCCC1. The average molecular weight is 259 g/mol. The zero-order chi connectivity index (χ0) is 11.6. The molecule has 16 heavy (non-hydrogen) atoms. The molecule has 0 saturated heterocycles. The first kappa shape index (κ1) is 11.9. The number of halogens is 1. The average Bonchev–Trinajstić information content (AvgIpc) is 2.69. The second kappa shape index (κ2) is 4.76. The van der Waals surface area contributed by atoms with Crippen LogP contribution in [-0.4, -0.2) is 8.42 Å². The summed E-state index contributed by atoms with van der Waals surface area (Å²) in [6.45, 7) is 0. The number of rotatable bonds is 3. The van der Waals surface area contributed by atoms with Gasteiger partial charge < -0.3 is 0 Å². The van der Waals surface area contributed by atoms with Gasteiger partial charge in [0, 0.05) is 10.7 Å². The van der Waals surface area contributed by atoms with Crippen LogP contribution in [0.5, 0.6) is 0 Å². The Morgan fingerprint density at radius 3 is 2.44 bits per heavy atom. The largest absolute Gasteiger partial charge is 0.236 e. The summed E-state index contributed by atoms with van der Waals surface area (Å²) in [5.41, 5.74) is 2.04. The van der Waals surface area contributed by atoms with Crippen molar-refractivity contribution < 1.29 is 8.42 Å². The van der Waals surface area contributed by atoms with Crippen LogP contribution in [0.4, 0.5) is 0 Å². The quantitative estimate of drug-likeness (QED) is 0.779. The van der Waals surface area contributed by atoms with Crippen molar-refractivity contribution >= 4 is 19.7 Å². The van der Waals surface area contributed by atoms with E-state index in [-0.39, 0.29) is 5.75 Å². The van der Waals surface area contributed by atoms with Gasteiger partial charge in [-0.3, -0.25) is 0 Å². The van der Waals surface area contributed by atoms with Gasteiger partial charge in [-0.25, -0.2) is 8.42 Å². The molecule has 0 unspecified atom stereocenters. The Kier molecular flexibility index (Phi) is 3.55. The maximum absolute atomic E-state index is 11.1. The Bertz CT molecular complexity index is 462. The molecule has 1 saturated carbocycles. The maximum Gasteiger partial charge on any atom is 0.236 e. The normalized spacial score (nSPS) is 17.8. The van der Waals surface area contributed by atoms with Crippen LogP contribution in [0.15, 0.2) is 24.3 Å². The van der Waals surface area contributed by atoms with Crippen molar-refractivity contribution in [2.45, 2.75) is 37.4 Å². The molecule has 88 valence electrons. The molecule has 0 bridgehead atoms. The third kappa shape index (κ3) is 2.98. The van der Waals surface area contributed by atoms with Crippen LogP contribution < -0.4 is 0 Å². The van der Waals surface area contributed by atoms with Crippen LogP contribution in [0, 0.1) is 0 Å². The third-order valence-electron chi connectivity index (χ3n) is 3.18. The van der Waals surface area contributed by atoms with Gasteiger partial charge in [-0.15, -0.1) is 0 Å². The topological polar surface area (TPSA) is 34.1 Å². The van der Waals surface area contributed by atoms with E-state index in [0.29, 0.717) is 5.92 Å². The molecule has 0 radical (unpaired) electrons. The maximum atomic E-state index is 11.1. The highest BCUT2D eigenvalue weighted by Gasteiger charge is 2.21. The molecule has 0 amide bonds. The van der Waals surface area contributed by atoms with Crippen LogP contribution in [0.2, 0.25) is 0 Å². The summed E-state index contributed by atoms with van der Waals surface area (Å²) in [4.78, 5) is 0. The highest BCUT2D eigenvalue weighted by atomic mass is 35.7. The third-order valence-corrected chi connectivity index (χ3v) is 4.16. The van der Waals surface area contributed by atoms with Gasteiger partial charge >= 0.3 is 0 Å². The zero-order valence-corrected chi connectivity index (χ0v) is 10.6. The number of hydrogen-bond donors (Lipinski definition) is 0. The lowest BCUT2D eigenvalue weighted by Crippen LogP contribution is -2.02. The van der Waals surface area contributed by atoms with Gasteiger partial charge in [0.2, 0.25) is 9.05 Å². The Labute approximate surface area is 101 Å². The first-order valence-corrected chi connectivity index (χ1v) is 8.04. The molecule has 0 aromatic heterocycles. The monoisotopic (exact) mass is 258 g/mol. The fourth-order valence-electron chi connectivity index (χ4n) is 2.49. The molecule has 2 nitrogen and oxygen atoms in total. The summed E-state index contributed by atoms with van der Waals surface area (Å²) in [5.74, 6) is 0.468. The van der Waals surface area contributed by atoms with Crippen molar-refractivity contribution in [1.82, 2.24) is 0 Å². The van der Waals surface area contributed by atoms with Gasteiger partial charge in [0.15, 0.2) is 0 Å². The predicted molar refractivity (Wildman–Crippen MR) is 66.1 cm³/mol. The summed E-state index contributed by atoms with van der Waals surface area (Å²) in [6, 6.07) is 7.74. The van der Waals surface area contributed by atoms with Gasteiger partial charge in [-0.1, -0.05) is 37.1 Å². The first-order valence-electron chi connectivity index (χ1n) is 5.56. The van der Waals surface area contributed by atoms with Gasteiger partial charge in [-0.05, 0) is 29.9 Å². The summed E-state index contributed by atoms with van der Waals surface area (Å²) in [7, 11) is 1.86. The fraction of sp³-hybridized carbons (Fsp3) is 0.500. The second-order valence-electron chi connectivity index (χ2n) is 4.36. The summed E-state index contributed by atoms with van der Waals surface area (Å²) in [5, 5.41) is 0. The van der Waals surface area contributed by atoms with Crippen molar-refractivity contribution in [3.63, 3.8) is 0 Å². The molecule has 0 spiro atoms. The van der Waals surface area contributed by atoms with Gasteiger partial charge in [0.05, 0.1) is 5.75 Å². The van der Waals surface area contributed by atoms with E-state index in [9.17, 15) is 8.42 Å². The van der Waals surface area contributed by atoms with Gasteiger partial charge in [-0.2, -0.15) is 0 Å². The Hall–Kier alpha value is -0.540. The van der Waals surface area contributed by atoms with Crippen LogP contribution in [0.1, 0.15) is 42.7 Å². The molecule has 1 aromatic rings. The Morgan fingerprint density at radius 1 is 1.19 bits per heavy atom. The van der Waals surface area contributed by atoms with Crippen LogP contribution in [0.3, 0.4) is 0 Å². The molecule has 1 fully saturated rings. The van der Waals surface area contributed by atoms with Crippen LogP contribution >= 0.6 is 10.7 Å². The molecule has 2 rings (SSSR count). The number of hydrogen-bond acceptors (Lipinski definition) is 2. The minimum absolute atomic E-state index is 0.0543. The first-order chi connectivity index (χ1) is 7.56. The van der Waals surface area contributed by atoms with Crippen molar-refractivity contribution in [2.24, 2.45) is 0 Å². The summed E-state index contributed by atoms with van der Waals surface area (Å²) < 4.78 is 22.3. The van der Waals surface area contributed by atoms with Crippen LogP contribution in [0.25, 0.3) is 0 Å². The van der Waals surface area contributed by atoms with E-state index in [2.05, 4.69) is 0 Å².